The molecule has 0 radical (unpaired) electrons. The molecule has 0 aliphatic carbocycles. The Hall–Kier alpha value is -1.17. The third kappa shape index (κ3) is 3.16. The van der Waals surface area contributed by atoms with Gasteiger partial charge in [0.15, 0.2) is 0 Å². The van der Waals surface area contributed by atoms with Crippen molar-refractivity contribution in [1.29, 1.82) is 0 Å². The minimum absolute atomic E-state index is 0.127. The van der Waals surface area contributed by atoms with Gasteiger partial charge in [0.1, 0.15) is 0 Å². The molecule has 82 valence electrons. The summed E-state index contributed by atoms with van der Waals surface area (Å²) in [7, 11) is 0.798. The normalized spacial score (nSPS) is 11.1. The average Bonchev–Trinajstić information content (AvgIpc) is 2.38. The van der Waals surface area contributed by atoms with Crippen molar-refractivity contribution < 1.29 is 5.11 Å². The highest BCUT2D eigenvalue weighted by molar-refractivity contribution is 7.46. The molecule has 0 bridgehead atoms. The average molecular weight is 230 g/mol. The Morgan fingerprint density at radius 1 is 0.875 bits per heavy atom. The predicted octanol–water partition coefficient (Wildman–Crippen LogP) is 2.68. The summed E-state index contributed by atoms with van der Waals surface area (Å²) in [6, 6.07) is 18.7. The lowest BCUT2D eigenvalue weighted by Crippen LogP contribution is -1.93. The van der Waals surface area contributed by atoms with Gasteiger partial charge in [-0.2, -0.15) is 0 Å². The van der Waals surface area contributed by atoms with Gasteiger partial charge in [0, 0.05) is 0 Å². The lowest BCUT2D eigenvalue weighted by Gasteiger charge is -2.04. The maximum atomic E-state index is 9.05. The molecule has 1 atom stereocenters. The van der Waals surface area contributed by atoms with Gasteiger partial charge in [-0.15, -0.1) is 0 Å². The van der Waals surface area contributed by atoms with Gasteiger partial charge < -0.3 is 5.11 Å². The number of hydrogen-bond acceptors (Lipinski definition) is 1. The van der Waals surface area contributed by atoms with Crippen LogP contribution in [0.25, 0.3) is 0 Å². The zero-order valence-corrected chi connectivity index (χ0v) is 10.1. The first-order valence-corrected chi connectivity index (χ1v) is 6.57. The molecule has 0 aliphatic heterocycles. The molecule has 0 aliphatic rings. The quantitative estimate of drug-likeness (QED) is 0.801. The molecule has 0 saturated heterocycles. The Kier molecular flexibility index (Phi) is 4.10. The largest absolute Gasteiger partial charge is 0.392 e. The molecule has 2 heteroatoms. The molecular weight excluding hydrogens is 215 g/mol. The van der Waals surface area contributed by atoms with E-state index < -0.39 is 0 Å². The van der Waals surface area contributed by atoms with Crippen molar-refractivity contribution in [2.24, 2.45) is 0 Å². The Labute approximate surface area is 97.9 Å². The van der Waals surface area contributed by atoms with E-state index >= 15 is 0 Å². The summed E-state index contributed by atoms with van der Waals surface area (Å²) in [4.78, 5) is 0. The first-order valence-electron chi connectivity index (χ1n) is 5.36. The van der Waals surface area contributed by atoms with Crippen molar-refractivity contribution in [3.05, 3.63) is 65.7 Å². The van der Waals surface area contributed by atoms with Crippen molar-refractivity contribution in [1.82, 2.24) is 0 Å². The van der Waals surface area contributed by atoms with E-state index in [-0.39, 0.29) is 6.61 Å². The Bertz CT molecular complexity index is 439. The highest BCUT2D eigenvalue weighted by atomic mass is 31.1. The maximum absolute atomic E-state index is 9.05. The van der Waals surface area contributed by atoms with E-state index in [0.29, 0.717) is 0 Å². The molecule has 1 nitrogen and oxygen atoms in total. The van der Waals surface area contributed by atoms with Gasteiger partial charge in [0.2, 0.25) is 0 Å². The second-order valence-electron chi connectivity index (χ2n) is 3.70. The highest BCUT2D eigenvalue weighted by Gasteiger charge is 1.96. The van der Waals surface area contributed by atoms with E-state index in [1.807, 2.05) is 18.2 Å². The lowest BCUT2D eigenvalue weighted by molar-refractivity contribution is 0.282. The van der Waals surface area contributed by atoms with E-state index in [2.05, 4.69) is 36.4 Å². The van der Waals surface area contributed by atoms with E-state index in [0.717, 1.165) is 20.3 Å². The minimum Gasteiger partial charge on any atom is -0.392 e. The van der Waals surface area contributed by atoms with Crippen molar-refractivity contribution in [2.75, 3.05) is 0 Å². The molecule has 0 amide bonds. The standard InChI is InChI=1S/C14H15OP/c15-10-12-5-4-6-13(9-12)11-16-14-7-2-1-3-8-14/h1-9,15-16H,10-11H2. The topological polar surface area (TPSA) is 20.2 Å². The summed E-state index contributed by atoms with van der Waals surface area (Å²) < 4.78 is 0. The van der Waals surface area contributed by atoms with Crippen LogP contribution in [0.3, 0.4) is 0 Å². The first kappa shape index (κ1) is 11.3. The highest BCUT2D eigenvalue weighted by Crippen LogP contribution is 2.18. The van der Waals surface area contributed by atoms with Gasteiger partial charge in [-0.3, -0.25) is 0 Å². The Morgan fingerprint density at radius 2 is 1.62 bits per heavy atom. The SMILES string of the molecule is OCc1cccc(CPc2ccccc2)c1. The first-order chi connectivity index (χ1) is 7.88. The van der Waals surface area contributed by atoms with Gasteiger partial charge in [0.05, 0.1) is 6.61 Å². The third-order valence-corrected chi connectivity index (χ3v) is 3.77. The van der Waals surface area contributed by atoms with Gasteiger partial charge >= 0.3 is 0 Å². The van der Waals surface area contributed by atoms with Crippen LogP contribution in [0.5, 0.6) is 0 Å². The van der Waals surface area contributed by atoms with Gasteiger partial charge in [-0.05, 0) is 22.6 Å². The molecule has 0 spiro atoms. The smallest absolute Gasteiger partial charge is 0.0681 e. The van der Waals surface area contributed by atoms with E-state index in [9.17, 15) is 0 Å². The van der Waals surface area contributed by atoms with Crippen LogP contribution in [0.15, 0.2) is 54.6 Å². The summed E-state index contributed by atoms with van der Waals surface area (Å²) in [6.07, 6.45) is 1.05. The number of hydrogen-bond donors (Lipinski definition) is 1. The summed E-state index contributed by atoms with van der Waals surface area (Å²) in [5.74, 6) is 0. The third-order valence-electron chi connectivity index (χ3n) is 2.44. The number of aliphatic hydroxyl groups is 1. The summed E-state index contributed by atoms with van der Waals surface area (Å²) in [5, 5.41) is 10.4. The number of rotatable bonds is 4. The second kappa shape index (κ2) is 5.79. The molecule has 1 N–H and O–H groups in total. The fourth-order valence-electron chi connectivity index (χ4n) is 1.60. The van der Waals surface area contributed by atoms with Crippen molar-refractivity contribution in [2.45, 2.75) is 12.8 Å². The van der Waals surface area contributed by atoms with Crippen LogP contribution in [0.4, 0.5) is 0 Å². The monoisotopic (exact) mass is 230 g/mol. The molecule has 0 aromatic heterocycles. The van der Waals surface area contributed by atoms with Crippen LogP contribution in [-0.4, -0.2) is 5.11 Å². The molecule has 16 heavy (non-hydrogen) atoms. The lowest BCUT2D eigenvalue weighted by atomic mass is 10.1. The molecule has 1 unspecified atom stereocenters. The summed E-state index contributed by atoms with van der Waals surface area (Å²) >= 11 is 0. The van der Waals surface area contributed by atoms with Crippen molar-refractivity contribution in [3.8, 4) is 0 Å². The molecule has 2 rings (SSSR count). The molecule has 2 aromatic carbocycles. The van der Waals surface area contributed by atoms with Crippen molar-refractivity contribution in [3.63, 3.8) is 0 Å². The molecule has 0 heterocycles. The van der Waals surface area contributed by atoms with Crippen LogP contribution in [-0.2, 0) is 12.8 Å². The second-order valence-corrected chi connectivity index (χ2v) is 4.98. The van der Waals surface area contributed by atoms with Crippen LogP contribution >= 0.6 is 8.58 Å². The molecule has 0 saturated carbocycles. The molecule has 0 fully saturated rings. The molecule has 2 aromatic rings. The summed E-state index contributed by atoms with van der Waals surface area (Å²) in [5.41, 5.74) is 2.30. The van der Waals surface area contributed by atoms with Gasteiger partial charge in [-0.25, -0.2) is 0 Å². The number of aliphatic hydroxyl groups excluding tert-OH is 1. The van der Waals surface area contributed by atoms with Crippen LogP contribution in [0.1, 0.15) is 11.1 Å². The molecular formula is C14H15OP. The van der Waals surface area contributed by atoms with Crippen LogP contribution in [0.2, 0.25) is 0 Å². The predicted molar refractivity (Wildman–Crippen MR) is 70.5 cm³/mol. The van der Waals surface area contributed by atoms with Gasteiger partial charge in [0.25, 0.3) is 0 Å². The fraction of sp³-hybridized carbons (Fsp3) is 0.143. The fourth-order valence-corrected chi connectivity index (χ4v) is 2.65. The van der Waals surface area contributed by atoms with E-state index in [1.165, 1.54) is 10.9 Å². The Morgan fingerprint density at radius 3 is 2.38 bits per heavy atom. The van der Waals surface area contributed by atoms with Gasteiger partial charge in [-0.1, -0.05) is 63.2 Å². The van der Waals surface area contributed by atoms with Crippen LogP contribution in [0, 0.1) is 0 Å². The maximum Gasteiger partial charge on any atom is 0.0681 e. The number of benzene rings is 2. The zero-order chi connectivity index (χ0) is 11.2. The van der Waals surface area contributed by atoms with E-state index in [1.54, 1.807) is 0 Å². The van der Waals surface area contributed by atoms with E-state index in [4.69, 9.17) is 5.11 Å². The minimum atomic E-state index is 0.127. The zero-order valence-electron chi connectivity index (χ0n) is 9.06. The Balaban J connectivity index is 1.99. The van der Waals surface area contributed by atoms with Crippen molar-refractivity contribution >= 4 is 13.9 Å². The van der Waals surface area contributed by atoms with Crippen LogP contribution < -0.4 is 5.30 Å². The summed E-state index contributed by atoms with van der Waals surface area (Å²) in [6.45, 7) is 0.127.